The molecular formula is C12H24. The third-order valence-corrected chi connectivity index (χ3v) is 2.75. The van der Waals surface area contributed by atoms with Gasteiger partial charge in [0.1, 0.15) is 0 Å². The van der Waals surface area contributed by atoms with Crippen molar-refractivity contribution < 1.29 is 0 Å². The summed E-state index contributed by atoms with van der Waals surface area (Å²) in [5.74, 6) is 1.45. The summed E-state index contributed by atoms with van der Waals surface area (Å²) in [5, 5.41) is 0. The molecule has 1 unspecified atom stereocenters. The second-order valence-corrected chi connectivity index (χ2v) is 4.15. The molecule has 1 atom stereocenters. The van der Waals surface area contributed by atoms with Gasteiger partial charge in [0.25, 0.3) is 0 Å². The standard InChI is InChI=1S/C12H24/c1-6-7-8-9-11(4)12(5)10(2)3/h10,12H,4,6-9H2,1-3,5H3. The largest absolute Gasteiger partial charge is 0.0996 e. The Balaban J connectivity index is 3.57. The summed E-state index contributed by atoms with van der Waals surface area (Å²) in [5.41, 5.74) is 1.44. The molecule has 12 heavy (non-hydrogen) atoms. The van der Waals surface area contributed by atoms with Gasteiger partial charge < -0.3 is 0 Å². The minimum Gasteiger partial charge on any atom is -0.0996 e. The average molecular weight is 168 g/mol. The van der Waals surface area contributed by atoms with Crippen molar-refractivity contribution in [3.8, 4) is 0 Å². The van der Waals surface area contributed by atoms with E-state index in [1.165, 1.54) is 31.3 Å². The van der Waals surface area contributed by atoms with E-state index in [0.29, 0.717) is 5.92 Å². The zero-order valence-corrected chi connectivity index (χ0v) is 9.19. The number of hydrogen-bond acceptors (Lipinski definition) is 0. The molecule has 0 N–H and O–H groups in total. The summed E-state index contributed by atoms with van der Waals surface area (Å²) in [4.78, 5) is 0. The van der Waals surface area contributed by atoms with Crippen LogP contribution in [-0.2, 0) is 0 Å². The summed E-state index contributed by atoms with van der Waals surface area (Å²) in [6.45, 7) is 13.2. The van der Waals surface area contributed by atoms with E-state index in [2.05, 4.69) is 34.3 Å². The molecule has 0 bridgehead atoms. The van der Waals surface area contributed by atoms with E-state index in [1.54, 1.807) is 0 Å². The van der Waals surface area contributed by atoms with Gasteiger partial charge in [-0.25, -0.2) is 0 Å². The number of hydrogen-bond donors (Lipinski definition) is 0. The zero-order chi connectivity index (χ0) is 9.56. The maximum absolute atomic E-state index is 4.15. The average Bonchev–Trinajstić information content (AvgIpc) is 2.03. The maximum Gasteiger partial charge on any atom is -0.0211 e. The molecule has 0 aliphatic heterocycles. The number of allylic oxidation sites excluding steroid dienone is 1. The van der Waals surface area contributed by atoms with Crippen molar-refractivity contribution >= 4 is 0 Å². The maximum atomic E-state index is 4.15. The molecule has 0 aliphatic carbocycles. The molecular weight excluding hydrogens is 144 g/mol. The number of unbranched alkanes of at least 4 members (excludes halogenated alkanes) is 2. The van der Waals surface area contributed by atoms with Gasteiger partial charge in [0.2, 0.25) is 0 Å². The van der Waals surface area contributed by atoms with E-state index in [4.69, 9.17) is 0 Å². The molecule has 0 saturated carbocycles. The highest BCUT2D eigenvalue weighted by Crippen LogP contribution is 2.22. The van der Waals surface area contributed by atoms with Gasteiger partial charge >= 0.3 is 0 Å². The molecule has 0 fully saturated rings. The van der Waals surface area contributed by atoms with Gasteiger partial charge in [-0.05, 0) is 24.7 Å². The molecule has 0 heterocycles. The van der Waals surface area contributed by atoms with Crippen LogP contribution in [0.2, 0.25) is 0 Å². The first kappa shape index (κ1) is 11.7. The van der Waals surface area contributed by atoms with Crippen LogP contribution in [0.4, 0.5) is 0 Å². The Morgan fingerprint density at radius 3 is 2.17 bits per heavy atom. The highest BCUT2D eigenvalue weighted by atomic mass is 14.1. The van der Waals surface area contributed by atoms with Crippen LogP contribution < -0.4 is 0 Å². The monoisotopic (exact) mass is 168 g/mol. The van der Waals surface area contributed by atoms with E-state index in [9.17, 15) is 0 Å². The van der Waals surface area contributed by atoms with Crippen molar-refractivity contribution in [2.45, 2.75) is 53.4 Å². The first-order valence-electron chi connectivity index (χ1n) is 5.27. The van der Waals surface area contributed by atoms with Crippen molar-refractivity contribution in [2.75, 3.05) is 0 Å². The van der Waals surface area contributed by atoms with Crippen LogP contribution in [0.1, 0.15) is 53.4 Å². The molecule has 0 aromatic carbocycles. The molecule has 0 aromatic heterocycles. The Labute approximate surface area is 78.1 Å². The lowest BCUT2D eigenvalue weighted by Crippen LogP contribution is -2.06. The first-order valence-corrected chi connectivity index (χ1v) is 5.27. The quantitative estimate of drug-likeness (QED) is 0.407. The Hall–Kier alpha value is -0.260. The SMILES string of the molecule is C=C(CCCCC)C(C)C(C)C. The molecule has 0 heteroatoms. The predicted molar refractivity (Wildman–Crippen MR) is 57.3 cm³/mol. The van der Waals surface area contributed by atoms with Crippen molar-refractivity contribution in [1.82, 2.24) is 0 Å². The van der Waals surface area contributed by atoms with E-state index in [1.807, 2.05) is 0 Å². The lowest BCUT2D eigenvalue weighted by molar-refractivity contribution is 0.463. The Morgan fingerprint density at radius 1 is 1.17 bits per heavy atom. The van der Waals surface area contributed by atoms with Crippen molar-refractivity contribution in [1.29, 1.82) is 0 Å². The molecule has 0 amide bonds. The van der Waals surface area contributed by atoms with Gasteiger partial charge in [0.15, 0.2) is 0 Å². The van der Waals surface area contributed by atoms with E-state index < -0.39 is 0 Å². The Kier molecular flexibility index (Phi) is 6.14. The van der Waals surface area contributed by atoms with Crippen LogP contribution in [0.15, 0.2) is 12.2 Å². The molecule has 0 radical (unpaired) electrons. The Bertz CT molecular complexity index is 122. The zero-order valence-electron chi connectivity index (χ0n) is 9.19. The van der Waals surface area contributed by atoms with Gasteiger partial charge in [0, 0.05) is 0 Å². The molecule has 0 saturated heterocycles. The van der Waals surface area contributed by atoms with Gasteiger partial charge in [-0.15, -0.1) is 0 Å². The molecule has 0 aromatic rings. The summed E-state index contributed by atoms with van der Waals surface area (Å²) >= 11 is 0. The normalized spacial score (nSPS) is 13.4. The van der Waals surface area contributed by atoms with Crippen molar-refractivity contribution in [2.24, 2.45) is 11.8 Å². The predicted octanol–water partition coefficient (Wildman–Crippen LogP) is 4.42. The van der Waals surface area contributed by atoms with Crippen LogP contribution in [0.3, 0.4) is 0 Å². The lowest BCUT2D eigenvalue weighted by atomic mass is 9.88. The van der Waals surface area contributed by atoms with E-state index >= 15 is 0 Å². The minimum absolute atomic E-state index is 0.696. The van der Waals surface area contributed by atoms with Crippen LogP contribution in [0, 0.1) is 11.8 Å². The van der Waals surface area contributed by atoms with Crippen molar-refractivity contribution in [3.63, 3.8) is 0 Å². The molecule has 0 spiro atoms. The highest BCUT2D eigenvalue weighted by Gasteiger charge is 2.09. The second-order valence-electron chi connectivity index (χ2n) is 4.15. The van der Waals surface area contributed by atoms with Crippen molar-refractivity contribution in [3.05, 3.63) is 12.2 Å². The fourth-order valence-corrected chi connectivity index (χ4v) is 1.30. The van der Waals surface area contributed by atoms with Gasteiger partial charge in [-0.1, -0.05) is 52.7 Å². The molecule has 0 aliphatic rings. The summed E-state index contributed by atoms with van der Waals surface area (Å²) in [7, 11) is 0. The van der Waals surface area contributed by atoms with Gasteiger partial charge in [-0.2, -0.15) is 0 Å². The minimum atomic E-state index is 0.696. The second kappa shape index (κ2) is 6.28. The van der Waals surface area contributed by atoms with E-state index in [-0.39, 0.29) is 0 Å². The fourth-order valence-electron chi connectivity index (χ4n) is 1.30. The first-order chi connectivity index (χ1) is 5.59. The molecule has 0 rings (SSSR count). The molecule has 72 valence electrons. The fraction of sp³-hybridized carbons (Fsp3) is 0.833. The van der Waals surface area contributed by atoms with Crippen LogP contribution >= 0.6 is 0 Å². The van der Waals surface area contributed by atoms with Crippen LogP contribution in [0.25, 0.3) is 0 Å². The highest BCUT2D eigenvalue weighted by molar-refractivity contribution is 4.99. The van der Waals surface area contributed by atoms with Crippen LogP contribution in [0.5, 0.6) is 0 Å². The summed E-state index contributed by atoms with van der Waals surface area (Å²) in [6.07, 6.45) is 5.22. The lowest BCUT2D eigenvalue weighted by Gasteiger charge is -2.18. The smallest absolute Gasteiger partial charge is 0.0211 e. The van der Waals surface area contributed by atoms with Gasteiger partial charge in [-0.3, -0.25) is 0 Å². The molecule has 0 nitrogen and oxygen atoms in total. The van der Waals surface area contributed by atoms with Crippen LogP contribution in [-0.4, -0.2) is 0 Å². The Morgan fingerprint density at radius 2 is 1.75 bits per heavy atom. The topological polar surface area (TPSA) is 0 Å². The van der Waals surface area contributed by atoms with Gasteiger partial charge in [0.05, 0.1) is 0 Å². The van der Waals surface area contributed by atoms with E-state index in [0.717, 1.165) is 5.92 Å². The summed E-state index contributed by atoms with van der Waals surface area (Å²) < 4.78 is 0. The third kappa shape index (κ3) is 4.58. The summed E-state index contributed by atoms with van der Waals surface area (Å²) in [6, 6.07) is 0. The number of rotatable bonds is 6. The third-order valence-electron chi connectivity index (χ3n) is 2.75.